The molecule has 2 aromatic carbocycles. The molecule has 3 rings (SSSR count). The molecule has 2 aromatic rings. The van der Waals surface area contributed by atoms with Crippen molar-refractivity contribution >= 4 is 45.2 Å². The van der Waals surface area contributed by atoms with E-state index < -0.39 is 6.03 Å². The number of urea groups is 1. The highest BCUT2D eigenvalue weighted by Crippen LogP contribution is 2.22. The van der Waals surface area contributed by atoms with Gasteiger partial charge in [-0.25, -0.2) is 4.79 Å². The highest BCUT2D eigenvalue weighted by molar-refractivity contribution is 9.10. The lowest BCUT2D eigenvalue weighted by atomic mass is 9.95. The fourth-order valence-electron chi connectivity index (χ4n) is 3.18. The van der Waals surface area contributed by atoms with Crippen LogP contribution in [0.4, 0.5) is 16.2 Å². The van der Waals surface area contributed by atoms with Gasteiger partial charge in [-0.3, -0.25) is 9.59 Å². The number of carbonyl (C=O) groups excluding carboxylic acids is 3. The van der Waals surface area contributed by atoms with Crippen LogP contribution in [0.1, 0.15) is 23.2 Å². The summed E-state index contributed by atoms with van der Waals surface area (Å²) in [6, 6.07) is 13.4. The van der Waals surface area contributed by atoms with E-state index in [9.17, 15) is 14.4 Å². The van der Waals surface area contributed by atoms with Gasteiger partial charge in [0.25, 0.3) is 5.91 Å². The maximum absolute atomic E-state index is 12.6. The Balaban J connectivity index is 1.54. The van der Waals surface area contributed by atoms with E-state index in [4.69, 9.17) is 5.73 Å². The van der Waals surface area contributed by atoms with Gasteiger partial charge in [-0.2, -0.15) is 0 Å². The third-order valence-corrected chi connectivity index (χ3v) is 5.17. The lowest BCUT2D eigenvalue weighted by Crippen LogP contribution is -2.41. The summed E-state index contributed by atoms with van der Waals surface area (Å²) < 4.78 is 0.925. The summed E-state index contributed by atoms with van der Waals surface area (Å²) in [7, 11) is 0. The van der Waals surface area contributed by atoms with Crippen LogP contribution in [0, 0.1) is 5.92 Å². The number of primary amides is 1. The van der Waals surface area contributed by atoms with E-state index in [0.717, 1.165) is 4.47 Å². The molecule has 8 heteroatoms. The molecular formula is C20H21BrN4O3. The Kier molecular flexibility index (Phi) is 6.30. The zero-order valence-electron chi connectivity index (χ0n) is 15.2. The molecule has 1 aliphatic heterocycles. The molecule has 0 bridgehead atoms. The van der Waals surface area contributed by atoms with Crippen molar-refractivity contribution in [3.63, 3.8) is 0 Å². The molecule has 1 heterocycles. The summed E-state index contributed by atoms with van der Waals surface area (Å²) in [5.41, 5.74) is 6.85. The van der Waals surface area contributed by atoms with Gasteiger partial charge in [0.2, 0.25) is 5.91 Å². The molecule has 0 aromatic heterocycles. The van der Waals surface area contributed by atoms with Crippen molar-refractivity contribution in [1.82, 2.24) is 4.90 Å². The topological polar surface area (TPSA) is 105 Å². The smallest absolute Gasteiger partial charge is 0.316 e. The van der Waals surface area contributed by atoms with Crippen LogP contribution in [0.25, 0.3) is 0 Å². The zero-order chi connectivity index (χ0) is 20.1. The van der Waals surface area contributed by atoms with E-state index >= 15 is 0 Å². The van der Waals surface area contributed by atoms with Crippen LogP contribution < -0.4 is 16.4 Å². The van der Waals surface area contributed by atoms with Crippen LogP contribution in [0.5, 0.6) is 0 Å². The number of halogens is 1. The highest BCUT2D eigenvalue weighted by atomic mass is 79.9. The number of nitrogens with two attached hydrogens (primary N) is 1. The van der Waals surface area contributed by atoms with Crippen LogP contribution in [0.3, 0.4) is 0 Å². The van der Waals surface area contributed by atoms with Crippen molar-refractivity contribution in [1.29, 1.82) is 0 Å². The third kappa shape index (κ3) is 5.10. The minimum atomic E-state index is -0.661. The first-order valence-electron chi connectivity index (χ1n) is 8.94. The Morgan fingerprint density at radius 3 is 2.18 bits per heavy atom. The van der Waals surface area contributed by atoms with Crippen molar-refractivity contribution < 1.29 is 14.4 Å². The number of nitrogens with one attached hydrogen (secondary N) is 2. The molecule has 1 aliphatic rings. The molecule has 4 amide bonds. The van der Waals surface area contributed by atoms with Gasteiger partial charge >= 0.3 is 6.03 Å². The summed E-state index contributed by atoms with van der Waals surface area (Å²) in [5, 5.41) is 5.34. The molecule has 146 valence electrons. The van der Waals surface area contributed by atoms with Gasteiger partial charge in [-0.1, -0.05) is 22.0 Å². The second-order valence-corrected chi connectivity index (χ2v) is 7.55. The van der Waals surface area contributed by atoms with E-state index in [-0.39, 0.29) is 17.7 Å². The highest BCUT2D eigenvalue weighted by Gasteiger charge is 2.27. The first-order chi connectivity index (χ1) is 13.4. The van der Waals surface area contributed by atoms with E-state index in [1.165, 1.54) is 0 Å². The molecule has 0 unspecified atom stereocenters. The third-order valence-electron chi connectivity index (χ3n) is 4.64. The van der Waals surface area contributed by atoms with Crippen molar-refractivity contribution in [3.8, 4) is 0 Å². The molecule has 0 spiro atoms. The summed E-state index contributed by atoms with van der Waals surface area (Å²) in [5.74, 6) is -0.273. The van der Waals surface area contributed by atoms with Crippen molar-refractivity contribution in [3.05, 3.63) is 58.6 Å². The molecule has 28 heavy (non-hydrogen) atoms. The number of likely N-dealkylation sites (tertiary alicyclic amines) is 1. The molecule has 1 saturated heterocycles. The number of rotatable bonds is 4. The quantitative estimate of drug-likeness (QED) is 0.672. The summed E-state index contributed by atoms with van der Waals surface area (Å²) in [6.45, 7) is 1.08. The molecule has 0 radical (unpaired) electrons. The number of amides is 4. The van der Waals surface area contributed by atoms with Crippen LogP contribution in [0.2, 0.25) is 0 Å². The van der Waals surface area contributed by atoms with Gasteiger partial charge < -0.3 is 21.3 Å². The summed E-state index contributed by atoms with van der Waals surface area (Å²) >= 11 is 3.36. The number of hydrogen-bond donors (Lipinski definition) is 3. The SMILES string of the molecule is NC(=O)Nc1cccc(NC(=O)C2CCN(C(=O)c3ccc(Br)cc3)CC2)c1. The van der Waals surface area contributed by atoms with Gasteiger partial charge in [-0.15, -0.1) is 0 Å². The monoisotopic (exact) mass is 444 g/mol. The Labute approximate surface area is 171 Å². The van der Waals surface area contributed by atoms with E-state index in [0.29, 0.717) is 42.9 Å². The summed E-state index contributed by atoms with van der Waals surface area (Å²) in [6.07, 6.45) is 1.21. The first kappa shape index (κ1) is 19.9. The average Bonchev–Trinajstić information content (AvgIpc) is 2.68. The second-order valence-electron chi connectivity index (χ2n) is 6.63. The largest absolute Gasteiger partial charge is 0.351 e. The fraction of sp³-hybridized carbons (Fsp3) is 0.250. The zero-order valence-corrected chi connectivity index (χ0v) is 16.7. The molecule has 4 N–H and O–H groups in total. The Morgan fingerprint density at radius 2 is 1.57 bits per heavy atom. The maximum Gasteiger partial charge on any atom is 0.316 e. The minimum Gasteiger partial charge on any atom is -0.351 e. The fourth-order valence-corrected chi connectivity index (χ4v) is 3.45. The van der Waals surface area contributed by atoms with Crippen molar-refractivity contribution in [2.24, 2.45) is 11.7 Å². The van der Waals surface area contributed by atoms with Gasteiger partial charge in [0.05, 0.1) is 0 Å². The lowest BCUT2D eigenvalue weighted by Gasteiger charge is -2.31. The number of carbonyl (C=O) groups is 3. The minimum absolute atomic E-state index is 0.0171. The second kappa shape index (κ2) is 8.88. The van der Waals surface area contributed by atoms with E-state index in [2.05, 4.69) is 26.6 Å². The number of benzene rings is 2. The number of nitrogens with zero attached hydrogens (tertiary/aromatic N) is 1. The molecule has 0 aliphatic carbocycles. The van der Waals surface area contributed by atoms with Crippen LogP contribution in [-0.2, 0) is 4.79 Å². The van der Waals surface area contributed by atoms with E-state index in [1.807, 2.05) is 12.1 Å². The Morgan fingerprint density at radius 1 is 0.964 bits per heavy atom. The van der Waals surface area contributed by atoms with Gasteiger partial charge in [0, 0.05) is 40.4 Å². The van der Waals surface area contributed by atoms with Crippen molar-refractivity contribution in [2.75, 3.05) is 23.7 Å². The lowest BCUT2D eigenvalue weighted by molar-refractivity contribution is -0.121. The predicted octanol–water partition coefficient (Wildman–Crippen LogP) is 3.43. The number of hydrogen-bond acceptors (Lipinski definition) is 3. The van der Waals surface area contributed by atoms with Crippen LogP contribution in [0.15, 0.2) is 53.0 Å². The van der Waals surface area contributed by atoms with Crippen LogP contribution >= 0.6 is 15.9 Å². The van der Waals surface area contributed by atoms with E-state index in [1.54, 1.807) is 41.3 Å². The Bertz CT molecular complexity index is 877. The first-order valence-corrected chi connectivity index (χ1v) is 9.74. The molecule has 0 atom stereocenters. The maximum atomic E-state index is 12.6. The number of anilines is 2. The molecule has 1 fully saturated rings. The molecule has 0 saturated carbocycles. The molecular weight excluding hydrogens is 424 g/mol. The normalized spacial score (nSPS) is 14.4. The number of piperidine rings is 1. The van der Waals surface area contributed by atoms with Gasteiger partial charge in [0.1, 0.15) is 0 Å². The average molecular weight is 445 g/mol. The summed E-state index contributed by atoms with van der Waals surface area (Å²) in [4.78, 5) is 37.8. The van der Waals surface area contributed by atoms with Gasteiger partial charge in [0.15, 0.2) is 0 Å². The molecule has 7 nitrogen and oxygen atoms in total. The van der Waals surface area contributed by atoms with Crippen molar-refractivity contribution in [2.45, 2.75) is 12.8 Å². The van der Waals surface area contributed by atoms with Gasteiger partial charge in [-0.05, 0) is 55.3 Å². The standard InChI is InChI=1S/C20H21BrN4O3/c21-15-6-4-14(5-7-15)19(27)25-10-8-13(9-11-25)18(26)23-16-2-1-3-17(12-16)24-20(22)28/h1-7,12-13H,8-11H2,(H,23,26)(H3,22,24,28). The predicted molar refractivity (Wildman–Crippen MR) is 111 cm³/mol. The van der Waals surface area contributed by atoms with Crippen LogP contribution in [-0.4, -0.2) is 35.8 Å². The Hall–Kier alpha value is -2.87.